The van der Waals surface area contributed by atoms with E-state index in [1.54, 1.807) is 0 Å². The number of nitriles is 1. The maximum atomic E-state index is 9.08. The summed E-state index contributed by atoms with van der Waals surface area (Å²) in [4.78, 5) is 4.12. The third-order valence-corrected chi connectivity index (χ3v) is 3.96. The molecule has 0 amide bonds. The predicted octanol–water partition coefficient (Wildman–Crippen LogP) is 3.02. The van der Waals surface area contributed by atoms with Gasteiger partial charge in [0.2, 0.25) is 0 Å². The van der Waals surface area contributed by atoms with Crippen LogP contribution >= 0.6 is 0 Å². The van der Waals surface area contributed by atoms with E-state index >= 15 is 0 Å². The van der Waals surface area contributed by atoms with Gasteiger partial charge in [-0.1, -0.05) is 18.6 Å². The van der Waals surface area contributed by atoms with E-state index in [0.29, 0.717) is 6.04 Å². The number of pyridine rings is 1. The van der Waals surface area contributed by atoms with Gasteiger partial charge in [0.25, 0.3) is 0 Å². The van der Waals surface area contributed by atoms with E-state index in [2.05, 4.69) is 34.6 Å². The van der Waals surface area contributed by atoms with Crippen LogP contribution in [-0.4, -0.2) is 11.0 Å². The van der Waals surface area contributed by atoms with Crippen LogP contribution < -0.4 is 5.32 Å². The highest BCUT2D eigenvalue weighted by Crippen LogP contribution is 2.25. The van der Waals surface area contributed by atoms with Crippen LogP contribution in [0, 0.1) is 17.2 Å². The molecule has 3 heteroatoms. The molecule has 0 aliphatic heterocycles. The van der Waals surface area contributed by atoms with Crippen molar-refractivity contribution in [2.24, 2.45) is 5.92 Å². The molecule has 1 aliphatic rings. The normalized spacial score (nSPS) is 22.5. The highest BCUT2D eigenvalue weighted by atomic mass is 14.9. The van der Waals surface area contributed by atoms with Crippen molar-refractivity contribution in [2.75, 3.05) is 0 Å². The van der Waals surface area contributed by atoms with E-state index in [4.69, 9.17) is 5.26 Å². The fraction of sp³-hybridized carbons (Fsp3) is 0.375. The van der Waals surface area contributed by atoms with Gasteiger partial charge in [0, 0.05) is 30.4 Å². The van der Waals surface area contributed by atoms with E-state index in [-0.39, 0.29) is 5.92 Å². The average molecular weight is 251 g/mol. The van der Waals surface area contributed by atoms with Crippen LogP contribution in [0.4, 0.5) is 0 Å². The zero-order chi connectivity index (χ0) is 13.1. The van der Waals surface area contributed by atoms with Gasteiger partial charge in [-0.25, -0.2) is 0 Å². The number of hydrogen-bond acceptors (Lipinski definition) is 3. The summed E-state index contributed by atoms with van der Waals surface area (Å²) in [5.41, 5.74) is 1.27. The summed E-state index contributed by atoms with van der Waals surface area (Å²) in [5.74, 6) is 0.185. The van der Waals surface area contributed by atoms with Gasteiger partial charge in [0.15, 0.2) is 0 Å². The Morgan fingerprint density at radius 3 is 3.11 bits per heavy atom. The van der Waals surface area contributed by atoms with Gasteiger partial charge < -0.3 is 5.32 Å². The lowest BCUT2D eigenvalue weighted by Gasteiger charge is -2.15. The van der Waals surface area contributed by atoms with E-state index in [0.717, 1.165) is 19.4 Å². The van der Waals surface area contributed by atoms with Crippen molar-refractivity contribution in [1.82, 2.24) is 10.3 Å². The molecule has 3 rings (SSSR count). The Labute approximate surface area is 113 Å². The van der Waals surface area contributed by atoms with Gasteiger partial charge in [-0.05, 0) is 35.9 Å². The molecule has 1 N–H and O–H groups in total. The Morgan fingerprint density at radius 2 is 2.21 bits per heavy atom. The van der Waals surface area contributed by atoms with Gasteiger partial charge in [0.05, 0.1) is 12.0 Å². The lowest BCUT2D eigenvalue weighted by atomic mass is 10.0. The topological polar surface area (TPSA) is 48.7 Å². The molecule has 1 aromatic heterocycles. The van der Waals surface area contributed by atoms with Crippen LogP contribution in [0.15, 0.2) is 36.7 Å². The van der Waals surface area contributed by atoms with Gasteiger partial charge in [-0.2, -0.15) is 5.26 Å². The molecule has 0 spiro atoms. The summed E-state index contributed by atoms with van der Waals surface area (Å²) >= 11 is 0. The van der Waals surface area contributed by atoms with Crippen molar-refractivity contribution in [3.05, 3.63) is 42.2 Å². The van der Waals surface area contributed by atoms with Crippen LogP contribution in [-0.2, 0) is 6.54 Å². The van der Waals surface area contributed by atoms with Crippen molar-refractivity contribution < 1.29 is 0 Å². The lowest BCUT2D eigenvalue weighted by molar-refractivity contribution is 0.464. The molecule has 1 aliphatic carbocycles. The summed E-state index contributed by atoms with van der Waals surface area (Å²) < 4.78 is 0. The molecular formula is C16H17N3. The second-order valence-corrected chi connectivity index (χ2v) is 5.21. The van der Waals surface area contributed by atoms with Gasteiger partial charge in [0.1, 0.15) is 0 Å². The first-order chi connectivity index (χ1) is 9.36. The molecule has 1 saturated carbocycles. The van der Waals surface area contributed by atoms with Gasteiger partial charge >= 0.3 is 0 Å². The standard InChI is InChI=1S/C16H17N3/c17-9-14-2-1-3-16(14)19-10-12-4-5-15-11-18-7-6-13(15)8-12/h4-8,11,14,16,19H,1-3,10H2. The molecule has 2 unspecified atom stereocenters. The number of nitrogens with zero attached hydrogens (tertiary/aromatic N) is 2. The Hall–Kier alpha value is -1.92. The average Bonchev–Trinajstić information content (AvgIpc) is 2.92. The predicted molar refractivity (Wildman–Crippen MR) is 75.3 cm³/mol. The zero-order valence-electron chi connectivity index (χ0n) is 10.8. The number of rotatable bonds is 3. The number of aromatic nitrogens is 1. The third kappa shape index (κ3) is 2.59. The first kappa shape index (κ1) is 12.1. The summed E-state index contributed by atoms with van der Waals surface area (Å²) in [5, 5.41) is 15.0. The Kier molecular flexibility index (Phi) is 3.43. The lowest BCUT2D eigenvalue weighted by Crippen LogP contribution is -2.31. The smallest absolute Gasteiger partial charge is 0.0672 e. The third-order valence-electron chi connectivity index (χ3n) is 3.96. The van der Waals surface area contributed by atoms with Crippen molar-refractivity contribution in [1.29, 1.82) is 5.26 Å². The first-order valence-corrected chi connectivity index (χ1v) is 6.82. The van der Waals surface area contributed by atoms with Crippen LogP contribution in [0.5, 0.6) is 0 Å². The Morgan fingerprint density at radius 1 is 1.26 bits per heavy atom. The van der Waals surface area contributed by atoms with Crippen molar-refractivity contribution in [3.63, 3.8) is 0 Å². The highest BCUT2D eigenvalue weighted by molar-refractivity contribution is 5.81. The number of hydrogen-bond donors (Lipinski definition) is 1. The number of fused-ring (bicyclic) bond motifs is 1. The quantitative estimate of drug-likeness (QED) is 0.912. The zero-order valence-corrected chi connectivity index (χ0v) is 10.8. The maximum absolute atomic E-state index is 9.08. The monoisotopic (exact) mass is 251 g/mol. The maximum Gasteiger partial charge on any atom is 0.0672 e. The minimum absolute atomic E-state index is 0.185. The number of nitrogens with one attached hydrogen (secondary N) is 1. The summed E-state index contributed by atoms with van der Waals surface area (Å²) in [6, 6.07) is 11.2. The minimum Gasteiger partial charge on any atom is -0.309 e. The largest absolute Gasteiger partial charge is 0.309 e. The van der Waals surface area contributed by atoms with E-state index in [9.17, 15) is 0 Å². The Balaban J connectivity index is 1.70. The van der Waals surface area contributed by atoms with Crippen LogP contribution in [0.2, 0.25) is 0 Å². The second kappa shape index (κ2) is 5.38. The van der Waals surface area contributed by atoms with E-state index in [1.165, 1.54) is 22.8 Å². The van der Waals surface area contributed by atoms with Crippen molar-refractivity contribution >= 4 is 10.8 Å². The fourth-order valence-electron chi connectivity index (χ4n) is 2.85. The van der Waals surface area contributed by atoms with Gasteiger partial charge in [-0.3, -0.25) is 4.98 Å². The number of benzene rings is 1. The van der Waals surface area contributed by atoms with Crippen molar-refractivity contribution in [2.45, 2.75) is 31.8 Å². The minimum atomic E-state index is 0.185. The second-order valence-electron chi connectivity index (χ2n) is 5.21. The van der Waals surface area contributed by atoms with E-state index < -0.39 is 0 Å². The first-order valence-electron chi connectivity index (χ1n) is 6.82. The molecule has 1 heterocycles. The molecular weight excluding hydrogens is 234 g/mol. The van der Waals surface area contributed by atoms with Crippen molar-refractivity contribution in [3.8, 4) is 6.07 Å². The SMILES string of the molecule is N#CC1CCCC1NCc1ccc2cnccc2c1. The molecule has 2 aromatic rings. The van der Waals surface area contributed by atoms with Crippen LogP contribution in [0.25, 0.3) is 10.8 Å². The molecule has 2 atom stereocenters. The molecule has 0 radical (unpaired) electrons. The molecule has 19 heavy (non-hydrogen) atoms. The van der Waals surface area contributed by atoms with Gasteiger partial charge in [-0.15, -0.1) is 0 Å². The Bertz CT molecular complexity index is 615. The summed E-state index contributed by atoms with van der Waals surface area (Å²) in [6.07, 6.45) is 7.03. The summed E-state index contributed by atoms with van der Waals surface area (Å²) in [7, 11) is 0. The highest BCUT2D eigenvalue weighted by Gasteiger charge is 2.26. The van der Waals surface area contributed by atoms with Crippen LogP contribution in [0.3, 0.4) is 0 Å². The molecule has 3 nitrogen and oxygen atoms in total. The van der Waals surface area contributed by atoms with Crippen LogP contribution in [0.1, 0.15) is 24.8 Å². The molecule has 96 valence electrons. The van der Waals surface area contributed by atoms with E-state index in [1.807, 2.05) is 18.5 Å². The molecule has 0 saturated heterocycles. The summed E-state index contributed by atoms with van der Waals surface area (Å²) in [6.45, 7) is 0.834. The fourth-order valence-corrected chi connectivity index (χ4v) is 2.85. The molecule has 0 bridgehead atoms. The molecule has 1 aromatic carbocycles. The molecule has 1 fully saturated rings.